The van der Waals surface area contributed by atoms with E-state index >= 15 is 0 Å². The van der Waals surface area contributed by atoms with Gasteiger partial charge in [0, 0.05) is 17.7 Å². The second-order valence-electron chi connectivity index (χ2n) is 10.4. The molecule has 2 aromatic carbocycles. The third-order valence-electron chi connectivity index (χ3n) is 7.47. The Morgan fingerprint density at radius 3 is 1.68 bits per heavy atom. The topological polar surface area (TPSA) is 289 Å². The Hall–Kier alpha value is -3.62. The maximum absolute atomic E-state index is 10.6. The van der Waals surface area contributed by atoms with Crippen molar-refractivity contribution >= 4 is 6.08 Å². The molecule has 11 unspecified atom stereocenters. The summed E-state index contributed by atoms with van der Waals surface area (Å²) in [7, 11) is 0. The lowest BCUT2D eigenvalue weighted by molar-refractivity contribution is -0.293. The number of hydrogen-bond donors (Lipinski definition) is 12. The van der Waals surface area contributed by atoms with Crippen LogP contribution in [0.1, 0.15) is 17.2 Å². The Kier molecular flexibility index (Phi) is 8.96. The van der Waals surface area contributed by atoms with Gasteiger partial charge in [0.15, 0.2) is 23.4 Å². The molecule has 0 radical (unpaired) electrons. The van der Waals surface area contributed by atoms with Crippen LogP contribution in [0.3, 0.4) is 0 Å². The van der Waals surface area contributed by atoms with E-state index in [1.165, 1.54) is 6.08 Å². The lowest BCUT2D eigenvalue weighted by Crippen LogP contribution is -2.60. The Bertz CT molecular complexity index is 1360. The van der Waals surface area contributed by atoms with E-state index < -0.39 is 104 Å². The summed E-state index contributed by atoms with van der Waals surface area (Å²) in [5.41, 5.74) is -0.0261. The molecule has 2 fully saturated rings. The van der Waals surface area contributed by atoms with Crippen LogP contribution in [0.4, 0.5) is 0 Å². The van der Waals surface area contributed by atoms with Gasteiger partial charge < -0.3 is 85.0 Å². The fraction of sp³-hybridized carbons (Fsp3) is 0.481. The summed E-state index contributed by atoms with van der Waals surface area (Å²) < 4.78 is 28.4. The average Bonchev–Trinajstić information content (AvgIpc) is 2.99. The number of hydrogen-bond acceptors (Lipinski definition) is 17. The molecule has 0 aromatic heterocycles. The normalized spacial score (nSPS) is 35.3. The highest BCUT2D eigenvalue weighted by molar-refractivity contribution is 5.70. The molecule has 2 aromatic rings. The standard InChI is InChI=1S/C27H32O17/c28-6-16-19(34)21(36)23(38)26(43-16)41-14-4-9(30)3-13-10(14)5-15(25(40-13)8-1-11(31)18(33)12(32)2-8)42-27-24(39)22(37)20(35)17(7-29)44-27/h1-5,16-17,19-39H,6-7H2. The van der Waals surface area contributed by atoms with Crippen molar-refractivity contribution in [1.82, 2.24) is 0 Å². The molecule has 242 valence electrons. The number of fused-ring (bicyclic) bond motifs is 1. The lowest BCUT2D eigenvalue weighted by Gasteiger charge is -2.41. The van der Waals surface area contributed by atoms with Crippen molar-refractivity contribution in [1.29, 1.82) is 0 Å². The van der Waals surface area contributed by atoms with Gasteiger partial charge in [0.2, 0.25) is 12.6 Å². The van der Waals surface area contributed by atoms with Gasteiger partial charge >= 0.3 is 0 Å². The molecule has 3 heterocycles. The number of phenolic OH excluding ortho intramolecular Hbond substituents is 4. The molecular weight excluding hydrogens is 596 g/mol. The number of aliphatic hydroxyl groups excluding tert-OH is 8. The lowest BCUT2D eigenvalue weighted by atomic mass is 9.98. The molecule has 12 N–H and O–H groups in total. The third kappa shape index (κ3) is 5.77. The molecule has 44 heavy (non-hydrogen) atoms. The minimum atomic E-state index is -1.86. The van der Waals surface area contributed by atoms with E-state index in [4.69, 9.17) is 23.7 Å². The predicted molar refractivity (Wildman–Crippen MR) is 140 cm³/mol. The molecule has 0 aliphatic carbocycles. The highest BCUT2D eigenvalue weighted by Crippen LogP contribution is 2.47. The maximum atomic E-state index is 10.6. The van der Waals surface area contributed by atoms with Crippen molar-refractivity contribution < 1.29 is 85.0 Å². The van der Waals surface area contributed by atoms with E-state index in [1.54, 1.807) is 0 Å². The van der Waals surface area contributed by atoms with Crippen LogP contribution in [0, 0.1) is 0 Å². The van der Waals surface area contributed by atoms with Gasteiger partial charge in [-0.25, -0.2) is 0 Å². The van der Waals surface area contributed by atoms with Crippen molar-refractivity contribution in [2.24, 2.45) is 0 Å². The van der Waals surface area contributed by atoms with Crippen LogP contribution in [0.5, 0.6) is 34.5 Å². The van der Waals surface area contributed by atoms with Gasteiger partial charge in [0.1, 0.15) is 71.8 Å². The summed E-state index contributed by atoms with van der Waals surface area (Å²) >= 11 is 0. The van der Waals surface area contributed by atoms with Gasteiger partial charge in [-0.15, -0.1) is 0 Å². The molecule has 5 rings (SSSR count). The fourth-order valence-corrected chi connectivity index (χ4v) is 5.02. The number of phenols is 4. The largest absolute Gasteiger partial charge is 0.508 e. The molecule has 0 bridgehead atoms. The van der Waals surface area contributed by atoms with Gasteiger partial charge in [0.25, 0.3) is 0 Å². The Morgan fingerprint density at radius 1 is 0.636 bits per heavy atom. The van der Waals surface area contributed by atoms with Gasteiger partial charge in [-0.1, -0.05) is 0 Å². The Labute approximate surface area is 247 Å². The molecule has 3 aliphatic rings. The molecule has 17 nitrogen and oxygen atoms in total. The molecule has 0 amide bonds. The zero-order valence-electron chi connectivity index (χ0n) is 22.6. The van der Waals surface area contributed by atoms with E-state index in [1.807, 2.05) is 0 Å². The van der Waals surface area contributed by atoms with Crippen LogP contribution in [0.15, 0.2) is 30.0 Å². The van der Waals surface area contributed by atoms with Crippen LogP contribution in [-0.2, 0) is 14.2 Å². The van der Waals surface area contributed by atoms with Crippen LogP contribution < -0.4 is 9.47 Å². The SMILES string of the molecule is OCC1OC(OC2=Cc3c(cc(O)cc3OC3OC(CO)C(O)C(O)C3O)OC2c2cc(O)c(O)c(O)c2)C(O)C(O)C1O. The Morgan fingerprint density at radius 2 is 1.16 bits per heavy atom. The maximum Gasteiger partial charge on any atom is 0.229 e. The third-order valence-corrected chi connectivity index (χ3v) is 7.47. The highest BCUT2D eigenvalue weighted by Gasteiger charge is 2.47. The Balaban J connectivity index is 1.56. The fourth-order valence-electron chi connectivity index (χ4n) is 5.02. The monoisotopic (exact) mass is 628 g/mol. The van der Waals surface area contributed by atoms with E-state index in [-0.39, 0.29) is 28.4 Å². The molecule has 0 saturated carbocycles. The summed E-state index contributed by atoms with van der Waals surface area (Å²) in [4.78, 5) is 0. The highest BCUT2D eigenvalue weighted by atomic mass is 16.7. The minimum absolute atomic E-state index is 0.00261. The number of aliphatic hydroxyl groups is 8. The first-order chi connectivity index (χ1) is 20.8. The smallest absolute Gasteiger partial charge is 0.229 e. The first-order valence-electron chi connectivity index (χ1n) is 13.3. The van der Waals surface area contributed by atoms with Gasteiger partial charge in [-0.05, 0) is 18.2 Å². The van der Waals surface area contributed by atoms with Crippen LogP contribution in [0.2, 0.25) is 0 Å². The molecule has 2 saturated heterocycles. The van der Waals surface area contributed by atoms with Crippen LogP contribution in [0.25, 0.3) is 6.08 Å². The first kappa shape index (κ1) is 31.8. The van der Waals surface area contributed by atoms with E-state index in [2.05, 4.69) is 0 Å². The van der Waals surface area contributed by atoms with Crippen LogP contribution in [-0.4, -0.2) is 136 Å². The zero-order chi connectivity index (χ0) is 32.0. The summed E-state index contributed by atoms with van der Waals surface area (Å²) in [5, 5.41) is 121. The predicted octanol–water partition coefficient (Wildman–Crippen LogP) is -3.02. The zero-order valence-corrected chi connectivity index (χ0v) is 22.6. The number of aromatic hydroxyl groups is 4. The summed E-state index contributed by atoms with van der Waals surface area (Å²) in [6.45, 7) is -1.50. The summed E-state index contributed by atoms with van der Waals surface area (Å²) in [5.74, 6) is -3.36. The molecular formula is C27H32O17. The van der Waals surface area contributed by atoms with E-state index in [0.717, 1.165) is 24.3 Å². The molecule has 17 heteroatoms. The quantitative estimate of drug-likeness (QED) is 0.136. The van der Waals surface area contributed by atoms with Gasteiger partial charge in [-0.2, -0.15) is 0 Å². The molecule has 11 atom stereocenters. The van der Waals surface area contributed by atoms with E-state index in [0.29, 0.717) is 0 Å². The van der Waals surface area contributed by atoms with Crippen LogP contribution >= 0.6 is 0 Å². The van der Waals surface area contributed by atoms with Crippen molar-refractivity contribution in [3.63, 3.8) is 0 Å². The van der Waals surface area contributed by atoms with Crippen molar-refractivity contribution in [3.05, 3.63) is 41.2 Å². The number of benzene rings is 2. The van der Waals surface area contributed by atoms with E-state index in [9.17, 15) is 61.3 Å². The second-order valence-corrected chi connectivity index (χ2v) is 10.4. The number of rotatable bonds is 7. The van der Waals surface area contributed by atoms with Crippen molar-refractivity contribution in [2.75, 3.05) is 13.2 Å². The minimum Gasteiger partial charge on any atom is -0.508 e. The number of ether oxygens (including phenoxy) is 5. The first-order valence-corrected chi connectivity index (χ1v) is 13.3. The van der Waals surface area contributed by atoms with Gasteiger partial charge in [0.05, 0.1) is 18.8 Å². The second kappa shape index (κ2) is 12.4. The average molecular weight is 629 g/mol. The van der Waals surface area contributed by atoms with Gasteiger partial charge in [-0.3, -0.25) is 0 Å². The molecule has 0 spiro atoms. The van der Waals surface area contributed by atoms with Crippen molar-refractivity contribution in [2.45, 2.75) is 67.5 Å². The molecule has 3 aliphatic heterocycles. The van der Waals surface area contributed by atoms with Crippen molar-refractivity contribution in [3.8, 4) is 34.5 Å². The summed E-state index contributed by atoms with van der Waals surface area (Å²) in [6.07, 6.45) is -16.9. The summed E-state index contributed by atoms with van der Waals surface area (Å²) in [6, 6.07) is 4.25.